The van der Waals surface area contributed by atoms with Gasteiger partial charge in [0.25, 0.3) is 5.91 Å². The molecule has 0 aliphatic carbocycles. The minimum absolute atomic E-state index is 0.00731. The third-order valence-electron chi connectivity index (χ3n) is 2.87. The maximum Gasteiger partial charge on any atom is 0.252 e. The summed E-state index contributed by atoms with van der Waals surface area (Å²) in [5.74, 6) is 0.108. The average Bonchev–Trinajstić information content (AvgIpc) is 2.41. The summed E-state index contributed by atoms with van der Waals surface area (Å²) in [6.07, 6.45) is 3.89. The van der Waals surface area contributed by atoms with Gasteiger partial charge in [0, 0.05) is 22.9 Å². The zero-order valence-corrected chi connectivity index (χ0v) is 12.6. The van der Waals surface area contributed by atoms with Gasteiger partial charge in [-0.25, -0.2) is 0 Å². The molecule has 0 aliphatic heterocycles. The first-order valence-electron chi connectivity index (χ1n) is 6.24. The lowest BCUT2D eigenvalue weighted by Gasteiger charge is -2.14. The van der Waals surface area contributed by atoms with E-state index < -0.39 is 0 Å². The Morgan fingerprint density at radius 2 is 2.05 bits per heavy atom. The molecule has 2 rings (SSSR count). The van der Waals surface area contributed by atoms with E-state index in [0.717, 1.165) is 5.56 Å². The van der Waals surface area contributed by atoms with Gasteiger partial charge in [-0.2, -0.15) is 0 Å². The molecule has 2 aromatic rings. The van der Waals surface area contributed by atoms with E-state index in [1.807, 2.05) is 19.1 Å². The molecule has 1 heterocycles. The molecule has 0 saturated heterocycles. The van der Waals surface area contributed by atoms with Gasteiger partial charge in [-0.05, 0) is 53.0 Å². The van der Waals surface area contributed by atoms with Crippen LogP contribution in [0.1, 0.15) is 22.8 Å². The maximum atomic E-state index is 12.1. The second-order valence-electron chi connectivity index (χ2n) is 4.60. The largest absolute Gasteiger partial charge is 0.508 e. The molecule has 0 saturated carbocycles. The van der Waals surface area contributed by atoms with Crippen LogP contribution in [0.2, 0.25) is 0 Å². The Balaban J connectivity index is 1.98. The number of phenols is 1. The molecule has 4 nitrogen and oxygen atoms in total. The molecule has 104 valence electrons. The summed E-state index contributed by atoms with van der Waals surface area (Å²) in [7, 11) is 0. The number of hydrogen-bond acceptors (Lipinski definition) is 3. The van der Waals surface area contributed by atoms with Gasteiger partial charge in [-0.1, -0.05) is 12.1 Å². The Hall–Kier alpha value is -1.88. The highest BCUT2D eigenvalue weighted by Crippen LogP contribution is 2.15. The van der Waals surface area contributed by atoms with Gasteiger partial charge in [-0.15, -0.1) is 0 Å². The number of nitrogens with one attached hydrogen (secondary N) is 1. The quantitative estimate of drug-likeness (QED) is 0.903. The van der Waals surface area contributed by atoms with Crippen LogP contribution in [0.3, 0.4) is 0 Å². The number of carbonyl (C=O) groups is 1. The van der Waals surface area contributed by atoms with Crippen LogP contribution in [0, 0.1) is 0 Å². The topological polar surface area (TPSA) is 62.2 Å². The van der Waals surface area contributed by atoms with Crippen molar-refractivity contribution in [3.8, 4) is 5.75 Å². The molecule has 0 aliphatic rings. The molecule has 1 atom stereocenters. The predicted molar refractivity (Wildman–Crippen MR) is 80.7 cm³/mol. The smallest absolute Gasteiger partial charge is 0.252 e. The molecule has 0 radical (unpaired) electrons. The number of hydrogen-bond donors (Lipinski definition) is 2. The van der Waals surface area contributed by atoms with E-state index in [4.69, 9.17) is 0 Å². The number of phenolic OH excluding ortho intramolecular Hbond substituents is 1. The molecule has 20 heavy (non-hydrogen) atoms. The Kier molecular flexibility index (Phi) is 4.74. The second kappa shape index (κ2) is 6.52. The van der Waals surface area contributed by atoms with Crippen molar-refractivity contribution in [3.05, 3.63) is 58.3 Å². The van der Waals surface area contributed by atoms with Gasteiger partial charge in [-0.3, -0.25) is 9.78 Å². The zero-order chi connectivity index (χ0) is 14.5. The molecule has 1 aromatic heterocycles. The molecule has 2 N–H and O–H groups in total. The Bertz CT molecular complexity index is 599. The highest BCUT2D eigenvalue weighted by atomic mass is 79.9. The number of rotatable bonds is 4. The van der Waals surface area contributed by atoms with Crippen LogP contribution in [0.15, 0.2) is 47.2 Å². The highest BCUT2D eigenvalue weighted by molar-refractivity contribution is 9.10. The van der Waals surface area contributed by atoms with E-state index in [1.165, 1.54) is 0 Å². The van der Waals surface area contributed by atoms with Gasteiger partial charge in [0.15, 0.2) is 0 Å². The van der Waals surface area contributed by atoms with Crippen LogP contribution in [0.25, 0.3) is 0 Å². The Morgan fingerprint density at radius 3 is 2.70 bits per heavy atom. The Labute approximate surface area is 126 Å². The molecule has 0 unspecified atom stereocenters. The highest BCUT2D eigenvalue weighted by Gasteiger charge is 2.13. The predicted octanol–water partition coefficient (Wildman–Crippen LogP) is 2.91. The van der Waals surface area contributed by atoms with Crippen LogP contribution in [0.5, 0.6) is 5.75 Å². The summed E-state index contributed by atoms with van der Waals surface area (Å²) in [6, 6.07) is 8.65. The van der Waals surface area contributed by atoms with E-state index in [9.17, 15) is 9.90 Å². The minimum atomic E-state index is -0.134. The summed E-state index contributed by atoms with van der Waals surface area (Å²) in [5, 5.41) is 12.2. The summed E-state index contributed by atoms with van der Waals surface area (Å²) in [6.45, 7) is 1.94. The molecule has 1 amide bonds. The molecule has 1 aromatic carbocycles. The van der Waals surface area contributed by atoms with Gasteiger partial charge in [0.2, 0.25) is 0 Å². The number of carbonyl (C=O) groups excluding carboxylic acids is 1. The number of benzene rings is 1. The van der Waals surface area contributed by atoms with Gasteiger partial charge in [0.05, 0.1) is 5.56 Å². The molecular formula is C15H15BrN2O2. The van der Waals surface area contributed by atoms with Crippen LogP contribution in [-0.2, 0) is 6.42 Å². The summed E-state index contributed by atoms with van der Waals surface area (Å²) >= 11 is 3.31. The molecule has 0 bridgehead atoms. The van der Waals surface area contributed by atoms with Crippen molar-refractivity contribution in [1.29, 1.82) is 0 Å². The number of nitrogens with zero attached hydrogens (tertiary/aromatic N) is 1. The van der Waals surface area contributed by atoms with Crippen LogP contribution in [0.4, 0.5) is 0 Å². The van der Waals surface area contributed by atoms with Gasteiger partial charge >= 0.3 is 0 Å². The zero-order valence-electron chi connectivity index (χ0n) is 11.0. The van der Waals surface area contributed by atoms with E-state index in [1.54, 1.807) is 30.6 Å². The first kappa shape index (κ1) is 14.5. The summed E-state index contributed by atoms with van der Waals surface area (Å²) in [5.41, 5.74) is 1.63. The number of aromatic nitrogens is 1. The molecule has 0 fully saturated rings. The third kappa shape index (κ3) is 3.81. The minimum Gasteiger partial charge on any atom is -0.508 e. The fraction of sp³-hybridized carbons (Fsp3) is 0.200. The number of amides is 1. The van der Waals surface area contributed by atoms with Crippen molar-refractivity contribution in [2.24, 2.45) is 0 Å². The second-order valence-corrected chi connectivity index (χ2v) is 5.45. The van der Waals surface area contributed by atoms with Crippen molar-refractivity contribution in [2.45, 2.75) is 19.4 Å². The van der Waals surface area contributed by atoms with Gasteiger partial charge < -0.3 is 10.4 Å². The lowest BCUT2D eigenvalue weighted by atomic mass is 10.1. The van der Waals surface area contributed by atoms with Crippen molar-refractivity contribution in [1.82, 2.24) is 10.3 Å². The fourth-order valence-electron chi connectivity index (χ4n) is 1.90. The van der Waals surface area contributed by atoms with Crippen LogP contribution in [-0.4, -0.2) is 22.0 Å². The van der Waals surface area contributed by atoms with E-state index in [-0.39, 0.29) is 17.7 Å². The van der Waals surface area contributed by atoms with E-state index >= 15 is 0 Å². The molecular weight excluding hydrogens is 320 g/mol. The van der Waals surface area contributed by atoms with E-state index in [2.05, 4.69) is 26.2 Å². The summed E-state index contributed by atoms with van der Waals surface area (Å²) < 4.78 is 0.675. The average molecular weight is 335 g/mol. The van der Waals surface area contributed by atoms with Crippen molar-refractivity contribution in [3.63, 3.8) is 0 Å². The first-order chi connectivity index (χ1) is 9.56. The van der Waals surface area contributed by atoms with Crippen molar-refractivity contribution < 1.29 is 9.90 Å². The molecule has 5 heteroatoms. The third-order valence-corrected chi connectivity index (χ3v) is 3.50. The van der Waals surface area contributed by atoms with Gasteiger partial charge in [0.1, 0.15) is 5.75 Å². The van der Waals surface area contributed by atoms with Crippen molar-refractivity contribution in [2.75, 3.05) is 0 Å². The maximum absolute atomic E-state index is 12.1. The normalized spacial score (nSPS) is 11.9. The van der Waals surface area contributed by atoms with Crippen LogP contribution >= 0.6 is 15.9 Å². The standard InChI is InChI=1S/C15H15BrN2O2/c1-10(8-11-2-4-12(19)5-3-11)18-15(20)13-6-7-17-9-14(13)16/h2-7,9-10,19H,8H2,1H3,(H,18,20)/t10-/m1/s1. The lowest BCUT2D eigenvalue weighted by Crippen LogP contribution is -2.34. The van der Waals surface area contributed by atoms with Crippen molar-refractivity contribution >= 4 is 21.8 Å². The Morgan fingerprint density at radius 1 is 1.35 bits per heavy atom. The molecule has 0 spiro atoms. The number of halogens is 1. The fourth-order valence-corrected chi connectivity index (χ4v) is 2.33. The lowest BCUT2D eigenvalue weighted by molar-refractivity contribution is 0.0939. The van der Waals surface area contributed by atoms with Crippen LogP contribution < -0.4 is 5.32 Å². The number of aromatic hydroxyl groups is 1. The number of pyridine rings is 1. The summed E-state index contributed by atoms with van der Waals surface area (Å²) in [4.78, 5) is 16.0. The SMILES string of the molecule is C[C@H](Cc1ccc(O)cc1)NC(=O)c1ccncc1Br. The first-order valence-corrected chi connectivity index (χ1v) is 7.04. The monoisotopic (exact) mass is 334 g/mol. The van der Waals surface area contributed by atoms with E-state index in [0.29, 0.717) is 16.5 Å².